The number of methoxy groups -OCH3 is 1. The maximum atomic E-state index is 13.5. The van der Waals surface area contributed by atoms with Crippen molar-refractivity contribution in [3.8, 4) is 17.3 Å². The van der Waals surface area contributed by atoms with Gasteiger partial charge in [0.2, 0.25) is 0 Å². The molecule has 0 saturated carbocycles. The number of nitrogens with zero attached hydrogens (tertiary/aromatic N) is 3. The van der Waals surface area contributed by atoms with Crippen molar-refractivity contribution in [2.45, 2.75) is 33.1 Å². The molecule has 0 spiro atoms. The molecular weight excluding hydrogens is 280 g/mol. The highest BCUT2D eigenvalue weighted by atomic mass is 19.3. The zero-order valence-corrected chi connectivity index (χ0v) is 12.4. The second-order valence-corrected chi connectivity index (χ2v) is 5.52. The highest BCUT2D eigenvalue weighted by Gasteiger charge is 2.43. The second-order valence-electron chi connectivity index (χ2n) is 5.52. The van der Waals surface area contributed by atoms with E-state index in [9.17, 15) is 8.78 Å². The third-order valence-corrected chi connectivity index (χ3v) is 3.45. The van der Waals surface area contributed by atoms with Crippen LogP contribution >= 0.6 is 0 Å². The quantitative estimate of drug-likeness (QED) is 0.846. The van der Waals surface area contributed by atoms with Crippen LogP contribution in [0.1, 0.15) is 26.6 Å². The summed E-state index contributed by atoms with van der Waals surface area (Å²) in [6.45, 7) is 3.81. The van der Waals surface area contributed by atoms with Gasteiger partial charge in [-0.05, 0) is 19.1 Å². The number of pyridine rings is 1. The summed E-state index contributed by atoms with van der Waals surface area (Å²) in [7, 11) is 1.50. The van der Waals surface area contributed by atoms with E-state index in [1.807, 2.05) is 0 Å². The number of ether oxygens (including phenoxy) is 1. The fraction of sp³-hybridized carbons (Fsp3) is 0.500. The normalized spacial score (nSPS) is 12.5. The number of hydrogen-bond donors (Lipinski definition) is 0. The Morgan fingerprint density at radius 3 is 2.62 bits per heavy atom. The number of rotatable bonds is 5. The Balaban J connectivity index is 2.27. The van der Waals surface area contributed by atoms with Crippen LogP contribution in [-0.4, -0.2) is 28.2 Å². The van der Waals surface area contributed by atoms with Crippen LogP contribution in [0.25, 0.3) is 11.6 Å². The molecular formula is C14H17F2N3O2. The summed E-state index contributed by atoms with van der Waals surface area (Å²) in [6, 6.07) is 3.41. The van der Waals surface area contributed by atoms with Gasteiger partial charge >= 0.3 is 0 Å². The molecule has 0 aliphatic heterocycles. The van der Waals surface area contributed by atoms with Gasteiger partial charge in [0.1, 0.15) is 5.75 Å². The van der Waals surface area contributed by atoms with Crippen LogP contribution in [-0.2, 0) is 6.42 Å². The lowest BCUT2D eigenvalue weighted by atomic mass is 9.83. The predicted molar refractivity (Wildman–Crippen MR) is 72.2 cm³/mol. The highest BCUT2D eigenvalue weighted by Crippen LogP contribution is 2.38. The molecule has 0 fully saturated rings. The molecule has 0 radical (unpaired) electrons. The standard InChI is InChI=1S/C14H17F2N3O2/c1-13(2,14(3,15)16)8-10-18-12(21-19-10)11-9(20-4)6-5-7-17-11/h5-7H,8H2,1-4H3. The second kappa shape index (κ2) is 5.38. The van der Waals surface area contributed by atoms with E-state index < -0.39 is 11.3 Å². The van der Waals surface area contributed by atoms with E-state index in [-0.39, 0.29) is 18.1 Å². The lowest BCUT2D eigenvalue weighted by Crippen LogP contribution is -2.35. The van der Waals surface area contributed by atoms with E-state index in [0.717, 1.165) is 6.92 Å². The zero-order chi connectivity index (χ0) is 15.7. The summed E-state index contributed by atoms with van der Waals surface area (Å²) in [4.78, 5) is 8.24. The van der Waals surface area contributed by atoms with E-state index in [0.29, 0.717) is 11.4 Å². The molecule has 2 heterocycles. The van der Waals surface area contributed by atoms with Crippen LogP contribution in [0.5, 0.6) is 5.75 Å². The first kappa shape index (κ1) is 15.3. The highest BCUT2D eigenvalue weighted by molar-refractivity contribution is 5.56. The molecule has 0 saturated heterocycles. The van der Waals surface area contributed by atoms with E-state index >= 15 is 0 Å². The summed E-state index contributed by atoms with van der Waals surface area (Å²) in [5, 5.41) is 3.75. The summed E-state index contributed by atoms with van der Waals surface area (Å²) in [5.74, 6) is -2.01. The fourth-order valence-electron chi connectivity index (χ4n) is 1.69. The van der Waals surface area contributed by atoms with Gasteiger partial charge in [-0.3, -0.25) is 0 Å². The third-order valence-electron chi connectivity index (χ3n) is 3.45. The topological polar surface area (TPSA) is 61.0 Å². The number of hydrogen-bond acceptors (Lipinski definition) is 5. The molecule has 0 atom stereocenters. The average molecular weight is 297 g/mol. The first-order chi connectivity index (χ1) is 9.74. The number of halogens is 2. The van der Waals surface area contributed by atoms with Gasteiger partial charge in [0, 0.05) is 18.0 Å². The van der Waals surface area contributed by atoms with Gasteiger partial charge in [-0.25, -0.2) is 13.8 Å². The van der Waals surface area contributed by atoms with Crippen LogP contribution < -0.4 is 4.74 Å². The van der Waals surface area contributed by atoms with E-state index in [1.54, 1.807) is 18.3 Å². The molecule has 21 heavy (non-hydrogen) atoms. The first-order valence-corrected chi connectivity index (χ1v) is 6.44. The van der Waals surface area contributed by atoms with Crippen molar-refractivity contribution >= 4 is 0 Å². The van der Waals surface area contributed by atoms with Gasteiger partial charge in [0.15, 0.2) is 11.5 Å². The molecule has 0 unspecified atom stereocenters. The molecule has 0 N–H and O–H groups in total. The third kappa shape index (κ3) is 3.17. The van der Waals surface area contributed by atoms with E-state index in [2.05, 4.69) is 15.1 Å². The summed E-state index contributed by atoms with van der Waals surface area (Å²) < 4.78 is 37.3. The Morgan fingerprint density at radius 1 is 1.29 bits per heavy atom. The maximum absolute atomic E-state index is 13.5. The molecule has 0 aromatic carbocycles. The van der Waals surface area contributed by atoms with Crippen LogP contribution in [0.2, 0.25) is 0 Å². The van der Waals surface area contributed by atoms with Crippen molar-refractivity contribution in [2.75, 3.05) is 7.11 Å². The molecule has 0 aliphatic rings. The predicted octanol–water partition coefficient (Wildman–Crippen LogP) is 3.36. The lowest BCUT2D eigenvalue weighted by molar-refractivity contribution is -0.0889. The monoisotopic (exact) mass is 297 g/mol. The van der Waals surface area contributed by atoms with Crippen LogP contribution in [0, 0.1) is 5.41 Å². The molecule has 5 nitrogen and oxygen atoms in total. The minimum Gasteiger partial charge on any atom is -0.494 e. The molecule has 7 heteroatoms. The van der Waals surface area contributed by atoms with Gasteiger partial charge in [0.05, 0.1) is 7.11 Å². The van der Waals surface area contributed by atoms with Crippen LogP contribution in [0.4, 0.5) is 8.78 Å². The van der Waals surface area contributed by atoms with Gasteiger partial charge < -0.3 is 9.26 Å². The Labute approximate surface area is 121 Å². The Hall–Kier alpha value is -2.05. The van der Waals surface area contributed by atoms with Crippen molar-refractivity contribution < 1.29 is 18.0 Å². The van der Waals surface area contributed by atoms with Gasteiger partial charge in [-0.2, -0.15) is 4.98 Å². The fourth-order valence-corrected chi connectivity index (χ4v) is 1.69. The van der Waals surface area contributed by atoms with E-state index in [1.165, 1.54) is 21.0 Å². The Kier molecular flexibility index (Phi) is 3.93. The van der Waals surface area contributed by atoms with Gasteiger partial charge in [-0.15, -0.1) is 0 Å². The Bertz CT molecular complexity index is 621. The molecule has 0 amide bonds. The Morgan fingerprint density at radius 2 is 2.00 bits per heavy atom. The molecule has 0 bridgehead atoms. The van der Waals surface area contributed by atoms with Crippen molar-refractivity contribution in [2.24, 2.45) is 5.41 Å². The van der Waals surface area contributed by atoms with Crippen molar-refractivity contribution in [3.05, 3.63) is 24.2 Å². The number of aromatic nitrogens is 3. The van der Waals surface area contributed by atoms with Crippen molar-refractivity contribution in [3.63, 3.8) is 0 Å². The first-order valence-electron chi connectivity index (χ1n) is 6.44. The zero-order valence-electron chi connectivity index (χ0n) is 12.4. The van der Waals surface area contributed by atoms with Crippen LogP contribution in [0.15, 0.2) is 22.9 Å². The SMILES string of the molecule is COc1cccnc1-c1nc(CC(C)(C)C(C)(F)F)no1. The molecule has 2 aromatic heterocycles. The number of alkyl halides is 2. The molecule has 114 valence electrons. The summed E-state index contributed by atoms with van der Waals surface area (Å²) >= 11 is 0. The minimum absolute atomic E-state index is 0.00481. The van der Waals surface area contributed by atoms with Gasteiger partial charge in [-0.1, -0.05) is 19.0 Å². The average Bonchev–Trinajstić information content (AvgIpc) is 2.85. The van der Waals surface area contributed by atoms with E-state index in [4.69, 9.17) is 9.26 Å². The van der Waals surface area contributed by atoms with Crippen LogP contribution in [0.3, 0.4) is 0 Å². The van der Waals surface area contributed by atoms with Gasteiger partial charge in [0.25, 0.3) is 11.8 Å². The summed E-state index contributed by atoms with van der Waals surface area (Å²) in [6.07, 6.45) is 1.56. The largest absolute Gasteiger partial charge is 0.494 e. The summed E-state index contributed by atoms with van der Waals surface area (Å²) in [5.41, 5.74) is -0.887. The molecule has 2 aromatic rings. The van der Waals surface area contributed by atoms with Crippen molar-refractivity contribution in [1.82, 2.24) is 15.1 Å². The smallest absolute Gasteiger partial charge is 0.280 e. The maximum Gasteiger partial charge on any atom is 0.280 e. The molecule has 2 rings (SSSR count). The lowest BCUT2D eigenvalue weighted by Gasteiger charge is -2.29. The molecule has 0 aliphatic carbocycles. The minimum atomic E-state index is -2.85. The van der Waals surface area contributed by atoms with Crippen molar-refractivity contribution in [1.29, 1.82) is 0 Å².